The van der Waals surface area contributed by atoms with Gasteiger partial charge in [0.2, 0.25) is 0 Å². The zero-order chi connectivity index (χ0) is 14.7. The SMILES string of the molecule is Cc1ccc(Oc2ccc([N+](=O)[O-])c(C=O)c2)c(Cl)c1. The maximum Gasteiger partial charge on any atom is 0.280 e. The van der Waals surface area contributed by atoms with Gasteiger partial charge >= 0.3 is 0 Å². The molecule has 0 amide bonds. The van der Waals surface area contributed by atoms with Crippen molar-refractivity contribution in [2.24, 2.45) is 0 Å². The summed E-state index contributed by atoms with van der Waals surface area (Å²) in [6.45, 7) is 1.89. The molecule has 0 aromatic heterocycles. The quantitative estimate of drug-likeness (QED) is 0.482. The van der Waals surface area contributed by atoms with Gasteiger partial charge < -0.3 is 4.74 Å². The van der Waals surface area contributed by atoms with Gasteiger partial charge in [-0.2, -0.15) is 0 Å². The minimum Gasteiger partial charge on any atom is -0.456 e. The Balaban J connectivity index is 2.34. The van der Waals surface area contributed by atoms with Gasteiger partial charge in [0.1, 0.15) is 11.5 Å². The van der Waals surface area contributed by atoms with Gasteiger partial charge in [0.15, 0.2) is 6.29 Å². The molecule has 0 radical (unpaired) electrons. The summed E-state index contributed by atoms with van der Waals surface area (Å²) in [5, 5.41) is 11.2. The second-order valence-corrected chi connectivity index (χ2v) is 4.54. The number of hydrogen-bond donors (Lipinski definition) is 0. The van der Waals surface area contributed by atoms with E-state index in [-0.39, 0.29) is 11.3 Å². The highest BCUT2D eigenvalue weighted by Crippen LogP contribution is 2.31. The van der Waals surface area contributed by atoms with Crippen LogP contribution in [-0.2, 0) is 0 Å². The molecule has 0 heterocycles. The maximum absolute atomic E-state index is 10.9. The maximum atomic E-state index is 10.9. The van der Waals surface area contributed by atoms with Crippen molar-refractivity contribution in [3.05, 3.63) is 62.7 Å². The van der Waals surface area contributed by atoms with Crippen LogP contribution in [0.25, 0.3) is 0 Å². The molecule has 0 atom stereocenters. The number of nitro benzene ring substituents is 1. The normalized spacial score (nSPS) is 10.1. The molecule has 2 aromatic rings. The van der Waals surface area contributed by atoms with Crippen molar-refractivity contribution in [2.75, 3.05) is 0 Å². The summed E-state index contributed by atoms with van der Waals surface area (Å²) in [6, 6.07) is 9.21. The summed E-state index contributed by atoms with van der Waals surface area (Å²) in [4.78, 5) is 21.0. The van der Waals surface area contributed by atoms with E-state index in [0.29, 0.717) is 22.8 Å². The molecule has 102 valence electrons. The summed E-state index contributed by atoms with van der Waals surface area (Å²) in [5.41, 5.74) is 0.678. The van der Waals surface area contributed by atoms with Gasteiger partial charge in [-0.25, -0.2) is 0 Å². The van der Waals surface area contributed by atoms with Crippen LogP contribution in [0.15, 0.2) is 36.4 Å². The molecule has 0 saturated carbocycles. The Morgan fingerprint density at radius 2 is 2.00 bits per heavy atom. The summed E-state index contributed by atoms with van der Waals surface area (Å²) < 4.78 is 5.53. The van der Waals surface area contributed by atoms with E-state index in [1.165, 1.54) is 18.2 Å². The lowest BCUT2D eigenvalue weighted by molar-refractivity contribution is -0.385. The summed E-state index contributed by atoms with van der Waals surface area (Å²) >= 11 is 6.03. The van der Waals surface area contributed by atoms with Crippen LogP contribution in [0, 0.1) is 17.0 Å². The third kappa shape index (κ3) is 2.95. The van der Waals surface area contributed by atoms with Crippen LogP contribution in [0.4, 0.5) is 5.69 Å². The average Bonchev–Trinajstić information content (AvgIpc) is 2.41. The fourth-order valence-electron chi connectivity index (χ4n) is 1.67. The molecule has 0 aliphatic carbocycles. The van der Waals surface area contributed by atoms with E-state index in [4.69, 9.17) is 16.3 Å². The van der Waals surface area contributed by atoms with Gasteiger partial charge in [0.05, 0.1) is 15.5 Å². The van der Waals surface area contributed by atoms with Gasteiger partial charge in [-0.15, -0.1) is 0 Å². The summed E-state index contributed by atoms with van der Waals surface area (Å²) in [7, 11) is 0. The highest BCUT2D eigenvalue weighted by molar-refractivity contribution is 6.32. The molecular formula is C14H10ClNO4. The van der Waals surface area contributed by atoms with Crippen LogP contribution in [0.5, 0.6) is 11.5 Å². The molecule has 0 aliphatic heterocycles. The summed E-state index contributed by atoms with van der Waals surface area (Å²) in [5.74, 6) is 0.728. The zero-order valence-electron chi connectivity index (χ0n) is 10.5. The molecule has 0 aliphatic rings. The van der Waals surface area contributed by atoms with E-state index < -0.39 is 4.92 Å². The van der Waals surface area contributed by atoms with Crippen molar-refractivity contribution in [1.82, 2.24) is 0 Å². The van der Waals surface area contributed by atoms with Gasteiger partial charge in [0.25, 0.3) is 5.69 Å². The first-order chi connectivity index (χ1) is 9.51. The molecule has 0 unspecified atom stereocenters. The lowest BCUT2D eigenvalue weighted by atomic mass is 10.2. The smallest absolute Gasteiger partial charge is 0.280 e. The Bertz CT molecular complexity index is 685. The highest BCUT2D eigenvalue weighted by Gasteiger charge is 2.14. The fourth-order valence-corrected chi connectivity index (χ4v) is 1.95. The number of rotatable bonds is 4. The topological polar surface area (TPSA) is 69.4 Å². The first-order valence-electron chi connectivity index (χ1n) is 5.69. The van der Waals surface area contributed by atoms with Crippen LogP contribution in [0.1, 0.15) is 15.9 Å². The number of carbonyl (C=O) groups is 1. The molecule has 0 fully saturated rings. The van der Waals surface area contributed by atoms with Crippen molar-refractivity contribution in [3.8, 4) is 11.5 Å². The molecule has 0 saturated heterocycles. The molecule has 20 heavy (non-hydrogen) atoms. The van der Waals surface area contributed by atoms with Crippen molar-refractivity contribution in [3.63, 3.8) is 0 Å². The number of carbonyl (C=O) groups excluding carboxylic acids is 1. The van der Waals surface area contributed by atoms with Gasteiger partial charge in [-0.1, -0.05) is 17.7 Å². The standard InChI is InChI=1S/C14H10ClNO4/c1-9-2-5-14(12(15)6-9)20-11-3-4-13(16(18)19)10(7-11)8-17/h2-8H,1H3. The molecular weight excluding hydrogens is 282 g/mol. The third-order valence-electron chi connectivity index (χ3n) is 2.64. The van der Waals surface area contributed by atoms with Crippen molar-refractivity contribution >= 4 is 23.6 Å². The number of halogens is 1. The van der Waals surface area contributed by atoms with E-state index in [1.54, 1.807) is 12.1 Å². The number of nitro groups is 1. The summed E-state index contributed by atoms with van der Waals surface area (Å²) in [6.07, 6.45) is 0.418. The van der Waals surface area contributed by atoms with Crippen LogP contribution in [0.2, 0.25) is 5.02 Å². The predicted octanol–water partition coefficient (Wildman–Crippen LogP) is 4.16. The van der Waals surface area contributed by atoms with E-state index in [9.17, 15) is 14.9 Å². The number of benzene rings is 2. The second-order valence-electron chi connectivity index (χ2n) is 4.13. The lowest BCUT2D eigenvalue weighted by Crippen LogP contribution is -1.95. The third-order valence-corrected chi connectivity index (χ3v) is 2.93. The Hall–Kier alpha value is -2.40. The molecule has 2 aromatic carbocycles. The van der Waals surface area contributed by atoms with Gasteiger partial charge in [0, 0.05) is 6.07 Å². The largest absolute Gasteiger partial charge is 0.456 e. The number of hydrogen-bond acceptors (Lipinski definition) is 4. The average molecular weight is 292 g/mol. The zero-order valence-corrected chi connectivity index (χ0v) is 11.3. The number of ether oxygens (including phenoxy) is 1. The van der Waals surface area contributed by atoms with Crippen LogP contribution in [-0.4, -0.2) is 11.2 Å². The Labute approximate surface area is 119 Å². The first kappa shape index (κ1) is 14.0. The van der Waals surface area contributed by atoms with Crippen LogP contribution in [0.3, 0.4) is 0 Å². The molecule has 0 bridgehead atoms. The Morgan fingerprint density at radius 1 is 1.25 bits per heavy atom. The van der Waals surface area contributed by atoms with Crippen molar-refractivity contribution < 1.29 is 14.5 Å². The van der Waals surface area contributed by atoms with Crippen LogP contribution >= 0.6 is 11.6 Å². The second kappa shape index (κ2) is 5.71. The molecule has 0 spiro atoms. The minimum atomic E-state index is -0.619. The fraction of sp³-hybridized carbons (Fsp3) is 0.0714. The Kier molecular flexibility index (Phi) is 4.00. The van der Waals surface area contributed by atoms with Crippen LogP contribution < -0.4 is 4.74 Å². The highest BCUT2D eigenvalue weighted by atomic mass is 35.5. The monoisotopic (exact) mass is 291 g/mol. The predicted molar refractivity (Wildman–Crippen MR) is 74.7 cm³/mol. The Morgan fingerprint density at radius 3 is 2.60 bits per heavy atom. The molecule has 6 heteroatoms. The number of aldehydes is 1. The number of aryl methyl sites for hydroxylation is 1. The van der Waals surface area contributed by atoms with Gasteiger partial charge in [-0.05, 0) is 36.8 Å². The first-order valence-corrected chi connectivity index (χ1v) is 6.06. The lowest BCUT2D eigenvalue weighted by Gasteiger charge is -2.08. The van der Waals surface area contributed by atoms with Gasteiger partial charge in [-0.3, -0.25) is 14.9 Å². The molecule has 5 nitrogen and oxygen atoms in total. The van der Waals surface area contributed by atoms with Crippen molar-refractivity contribution in [1.29, 1.82) is 0 Å². The van der Waals surface area contributed by atoms with E-state index in [0.717, 1.165) is 5.56 Å². The number of nitrogens with zero attached hydrogens (tertiary/aromatic N) is 1. The van der Waals surface area contributed by atoms with E-state index >= 15 is 0 Å². The van der Waals surface area contributed by atoms with E-state index in [1.807, 2.05) is 13.0 Å². The minimum absolute atomic E-state index is 0.0456. The van der Waals surface area contributed by atoms with Crippen molar-refractivity contribution in [2.45, 2.75) is 6.92 Å². The molecule has 0 N–H and O–H groups in total. The molecule has 2 rings (SSSR count). The van der Waals surface area contributed by atoms with E-state index in [2.05, 4.69) is 0 Å².